The highest BCUT2D eigenvalue weighted by atomic mass is 15.2. The van der Waals surface area contributed by atoms with E-state index in [0.717, 1.165) is 39.0 Å². The van der Waals surface area contributed by atoms with Gasteiger partial charge in [0.05, 0.1) is 0 Å². The summed E-state index contributed by atoms with van der Waals surface area (Å²) < 4.78 is 0. The average Bonchev–Trinajstić information content (AvgIpc) is 2.85. The van der Waals surface area contributed by atoms with Crippen LogP contribution in [0.3, 0.4) is 0 Å². The zero-order valence-electron chi connectivity index (χ0n) is 21.2. The van der Waals surface area contributed by atoms with Crippen LogP contribution in [0.15, 0.2) is 84.9 Å². The van der Waals surface area contributed by atoms with Gasteiger partial charge >= 0.3 is 0 Å². The first-order valence-corrected chi connectivity index (χ1v) is 12.1. The molecule has 0 radical (unpaired) electrons. The van der Waals surface area contributed by atoms with Gasteiger partial charge in [-0.1, -0.05) is 113 Å². The first-order chi connectivity index (χ1) is 15.6. The minimum Gasteiger partial charge on any atom is -0.308 e. The second kappa shape index (κ2) is 17.2. The molecule has 0 saturated heterocycles. The molecule has 0 bridgehead atoms. The lowest BCUT2D eigenvalue weighted by Gasteiger charge is -2.24. The van der Waals surface area contributed by atoms with Gasteiger partial charge in [-0.15, -0.1) is 0 Å². The lowest BCUT2D eigenvalue weighted by Crippen LogP contribution is -2.31. The van der Waals surface area contributed by atoms with Crippen molar-refractivity contribution in [3.8, 4) is 0 Å². The Morgan fingerprint density at radius 3 is 1.50 bits per heavy atom. The molecule has 3 aromatic carbocycles. The SMILES string of the molecule is CC.CCc1cccc(CN(CCN(C)C)Cc2ccccc2)c1.CCc1ccccc1. The molecule has 3 aromatic rings. The molecule has 0 aromatic heterocycles. The van der Waals surface area contributed by atoms with Crippen LogP contribution < -0.4 is 0 Å². The zero-order chi connectivity index (χ0) is 23.6. The Morgan fingerprint density at radius 2 is 1.00 bits per heavy atom. The molecule has 0 N–H and O–H groups in total. The van der Waals surface area contributed by atoms with Crippen molar-refractivity contribution in [1.82, 2.24) is 9.80 Å². The Bertz CT molecular complexity index is 813. The normalized spacial score (nSPS) is 10.2. The van der Waals surface area contributed by atoms with E-state index >= 15 is 0 Å². The Labute approximate surface area is 197 Å². The summed E-state index contributed by atoms with van der Waals surface area (Å²) in [7, 11) is 4.27. The number of benzene rings is 3. The van der Waals surface area contributed by atoms with Gasteiger partial charge in [-0.3, -0.25) is 4.90 Å². The molecule has 0 unspecified atom stereocenters. The highest BCUT2D eigenvalue weighted by Crippen LogP contribution is 2.12. The van der Waals surface area contributed by atoms with Crippen molar-refractivity contribution >= 4 is 0 Å². The Morgan fingerprint density at radius 1 is 0.531 bits per heavy atom. The standard InChI is InChI=1S/C20H28N2.C8H10.C2H6/c1-4-18-11-8-12-20(15-18)17-22(14-13-21(2)3)16-19-9-6-5-7-10-19;1-2-8-6-4-3-5-7-8;1-2/h5-12,15H,4,13-14,16-17H2,1-3H3;3-7H,2H2,1H3;1-2H3. The van der Waals surface area contributed by atoms with Crippen LogP contribution in [0.1, 0.15) is 49.9 Å². The lowest BCUT2D eigenvalue weighted by atomic mass is 10.1. The van der Waals surface area contributed by atoms with E-state index in [9.17, 15) is 0 Å². The van der Waals surface area contributed by atoms with Crippen LogP contribution >= 0.6 is 0 Å². The molecule has 0 heterocycles. The van der Waals surface area contributed by atoms with E-state index in [1.807, 2.05) is 19.9 Å². The van der Waals surface area contributed by atoms with Gasteiger partial charge in [0, 0.05) is 26.2 Å². The molecule has 0 spiro atoms. The topological polar surface area (TPSA) is 6.48 Å². The summed E-state index contributed by atoms with van der Waals surface area (Å²) in [5.41, 5.74) is 5.62. The van der Waals surface area contributed by atoms with Crippen molar-refractivity contribution in [1.29, 1.82) is 0 Å². The lowest BCUT2D eigenvalue weighted by molar-refractivity contribution is 0.226. The predicted molar refractivity (Wildman–Crippen MR) is 142 cm³/mol. The number of hydrogen-bond donors (Lipinski definition) is 0. The molecular weight excluding hydrogens is 388 g/mol. The van der Waals surface area contributed by atoms with Gasteiger partial charge in [-0.05, 0) is 49.2 Å². The summed E-state index contributed by atoms with van der Waals surface area (Å²) in [5, 5.41) is 0. The molecule has 0 saturated carbocycles. The van der Waals surface area contributed by atoms with Crippen molar-refractivity contribution in [2.24, 2.45) is 0 Å². The van der Waals surface area contributed by atoms with Gasteiger partial charge < -0.3 is 4.90 Å². The van der Waals surface area contributed by atoms with Crippen molar-refractivity contribution in [2.75, 3.05) is 27.2 Å². The summed E-state index contributed by atoms with van der Waals surface area (Å²) in [6.07, 6.45) is 2.24. The van der Waals surface area contributed by atoms with Gasteiger partial charge in [0.15, 0.2) is 0 Å². The summed E-state index contributed by atoms with van der Waals surface area (Å²) in [5.74, 6) is 0. The number of hydrogen-bond acceptors (Lipinski definition) is 2. The number of aryl methyl sites for hydroxylation is 2. The Balaban J connectivity index is 0.000000427. The molecular formula is C30H44N2. The van der Waals surface area contributed by atoms with E-state index in [0.29, 0.717) is 0 Å². The summed E-state index contributed by atoms with van der Waals surface area (Å²) in [6.45, 7) is 12.6. The second-order valence-corrected chi connectivity index (χ2v) is 8.01. The molecule has 0 amide bonds. The summed E-state index contributed by atoms with van der Waals surface area (Å²) in [6, 6.07) is 30.2. The van der Waals surface area contributed by atoms with Gasteiger partial charge in [0.1, 0.15) is 0 Å². The van der Waals surface area contributed by atoms with Crippen LogP contribution in [0.5, 0.6) is 0 Å². The third-order valence-corrected chi connectivity index (χ3v) is 5.17. The van der Waals surface area contributed by atoms with E-state index < -0.39 is 0 Å². The molecule has 0 aliphatic rings. The molecule has 32 heavy (non-hydrogen) atoms. The van der Waals surface area contributed by atoms with Gasteiger partial charge in [-0.25, -0.2) is 0 Å². The van der Waals surface area contributed by atoms with E-state index in [1.54, 1.807) is 0 Å². The molecule has 2 heteroatoms. The fourth-order valence-electron chi connectivity index (χ4n) is 3.32. The molecule has 0 aliphatic carbocycles. The highest BCUT2D eigenvalue weighted by molar-refractivity contribution is 5.23. The molecule has 0 aliphatic heterocycles. The van der Waals surface area contributed by atoms with E-state index in [2.05, 4.69) is 117 Å². The maximum Gasteiger partial charge on any atom is 0.0237 e. The average molecular weight is 433 g/mol. The van der Waals surface area contributed by atoms with E-state index in [-0.39, 0.29) is 0 Å². The van der Waals surface area contributed by atoms with E-state index in [1.165, 1.54) is 22.3 Å². The van der Waals surface area contributed by atoms with Crippen molar-refractivity contribution < 1.29 is 0 Å². The van der Waals surface area contributed by atoms with Gasteiger partial charge in [0.2, 0.25) is 0 Å². The minimum absolute atomic E-state index is 1.00. The first-order valence-electron chi connectivity index (χ1n) is 12.1. The number of likely N-dealkylation sites (N-methyl/N-ethyl adjacent to an activating group) is 1. The van der Waals surface area contributed by atoms with Gasteiger partial charge in [-0.2, -0.15) is 0 Å². The van der Waals surface area contributed by atoms with Crippen LogP contribution in [-0.2, 0) is 25.9 Å². The largest absolute Gasteiger partial charge is 0.308 e. The molecule has 0 fully saturated rings. The third kappa shape index (κ3) is 11.8. The minimum atomic E-state index is 1.00. The maximum atomic E-state index is 2.53. The second-order valence-electron chi connectivity index (χ2n) is 8.01. The summed E-state index contributed by atoms with van der Waals surface area (Å²) >= 11 is 0. The number of rotatable bonds is 9. The van der Waals surface area contributed by atoms with Crippen LogP contribution in [0, 0.1) is 0 Å². The van der Waals surface area contributed by atoms with Crippen molar-refractivity contribution in [2.45, 2.75) is 53.6 Å². The highest BCUT2D eigenvalue weighted by Gasteiger charge is 2.08. The fourth-order valence-corrected chi connectivity index (χ4v) is 3.32. The fraction of sp³-hybridized carbons (Fsp3) is 0.400. The van der Waals surface area contributed by atoms with Gasteiger partial charge in [0.25, 0.3) is 0 Å². The van der Waals surface area contributed by atoms with Crippen LogP contribution in [0.2, 0.25) is 0 Å². The first kappa shape index (κ1) is 27.6. The van der Waals surface area contributed by atoms with Crippen molar-refractivity contribution in [3.05, 3.63) is 107 Å². The summed E-state index contributed by atoms with van der Waals surface area (Å²) in [4.78, 5) is 4.78. The number of nitrogens with zero attached hydrogens (tertiary/aromatic N) is 2. The molecule has 3 rings (SSSR count). The quantitative estimate of drug-likeness (QED) is 0.356. The molecule has 0 atom stereocenters. The third-order valence-electron chi connectivity index (χ3n) is 5.17. The van der Waals surface area contributed by atoms with E-state index in [4.69, 9.17) is 0 Å². The van der Waals surface area contributed by atoms with Crippen LogP contribution in [0.4, 0.5) is 0 Å². The predicted octanol–water partition coefficient (Wildman–Crippen LogP) is 7.09. The smallest absolute Gasteiger partial charge is 0.0237 e. The van der Waals surface area contributed by atoms with Crippen LogP contribution in [-0.4, -0.2) is 37.0 Å². The Kier molecular flexibility index (Phi) is 14.8. The monoisotopic (exact) mass is 432 g/mol. The van der Waals surface area contributed by atoms with Crippen LogP contribution in [0.25, 0.3) is 0 Å². The van der Waals surface area contributed by atoms with Crippen molar-refractivity contribution in [3.63, 3.8) is 0 Å². The molecule has 174 valence electrons. The molecule has 2 nitrogen and oxygen atoms in total. The maximum absolute atomic E-state index is 2.53. The zero-order valence-corrected chi connectivity index (χ0v) is 21.2. The Hall–Kier alpha value is -2.42.